The molecule has 0 aliphatic carbocycles. The van der Waals surface area contributed by atoms with Crippen molar-refractivity contribution in [3.05, 3.63) is 108 Å². The number of carboxylic acid groups (broad SMARTS) is 1. The molecule has 4 N–H and O–H groups in total. The quantitative estimate of drug-likeness (QED) is 0.0701. The van der Waals surface area contributed by atoms with Crippen LogP contribution in [0.2, 0.25) is 0 Å². The number of alkyl carbamates (subject to hydrolysis) is 2. The Kier molecular flexibility index (Phi) is 15.3. The van der Waals surface area contributed by atoms with E-state index in [1.807, 2.05) is 91.0 Å². The number of aliphatic imine (C=N–C) groups is 1. The highest BCUT2D eigenvalue weighted by Gasteiger charge is 2.23. The first kappa shape index (κ1) is 35.3. The van der Waals surface area contributed by atoms with Crippen molar-refractivity contribution in [2.75, 3.05) is 6.54 Å². The Morgan fingerprint density at radius 3 is 1.74 bits per heavy atom. The molecule has 0 aliphatic rings. The number of nitrogens with zero attached hydrogens (tertiary/aromatic N) is 1. The maximum absolute atomic E-state index is 12.4. The predicted octanol–water partition coefficient (Wildman–Crippen LogP) is 5.45. The van der Waals surface area contributed by atoms with Gasteiger partial charge in [0.2, 0.25) is 18.1 Å². The van der Waals surface area contributed by atoms with Crippen LogP contribution in [-0.4, -0.2) is 47.9 Å². The van der Waals surface area contributed by atoms with Gasteiger partial charge in [0.15, 0.2) is 0 Å². The Hall–Kier alpha value is -5.23. The van der Waals surface area contributed by atoms with Crippen LogP contribution in [0.1, 0.15) is 61.8 Å². The van der Waals surface area contributed by atoms with Crippen LogP contribution in [0.25, 0.3) is 0 Å². The van der Waals surface area contributed by atoms with Gasteiger partial charge in [0.1, 0.15) is 13.2 Å². The number of hydrogen-bond acceptors (Lipinski definition) is 8. The normalized spacial score (nSPS) is 11.8. The number of rotatable bonds is 16. The van der Waals surface area contributed by atoms with Gasteiger partial charge in [0, 0.05) is 13.0 Å². The number of ether oxygens (including phenoxy) is 3. The van der Waals surface area contributed by atoms with E-state index in [9.17, 15) is 24.3 Å². The van der Waals surface area contributed by atoms with Crippen molar-refractivity contribution in [3.63, 3.8) is 0 Å². The standard InChI is InChI=1S/C34H40N4O8/c1-25(28-19-11-6-12-20-28)46-30(31(40)41)36-29(39)21-13-2-3-14-22-35-32(37-33(42)44-23-26-15-7-4-8-16-26)38-34(43)45-24-27-17-9-5-10-18-27/h4-12,15-20,25,30H,2-3,13-14,21-24H2,1H3,(H,36,39)(H,40,41)(H2,35,37,38,42,43)/t25-,30+/m0/s1. The number of carbonyl (C=O) groups excluding carboxylic acids is 3. The fraction of sp³-hybridized carbons (Fsp3) is 0.324. The van der Waals surface area contributed by atoms with E-state index >= 15 is 0 Å². The zero-order valence-corrected chi connectivity index (χ0v) is 25.7. The van der Waals surface area contributed by atoms with Gasteiger partial charge in [-0.05, 0) is 36.5 Å². The number of nitrogens with one attached hydrogen (secondary N) is 3. The smallest absolute Gasteiger partial charge is 0.414 e. The molecule has 0 saturated carbocycles. The van der Waals surface area contributed by atoms with Gasteiger partial charge in [0.25, 0.3) is 0 Å². The number of carboxylic acids is 1. The SMILES string of the molecule is C[C@H](O[C@@H](NC(=O)CCCCCCN=C(NC(=O)OCc1ccccc1)NC(=O)OCc1ccccc1)C(=O)O)c1ccccc1. The Morgan fingerprint density at radius 1 is 0.717 bits per heavy atom. The first-order chi connectivity index (χ1) is 22.3. The van der Waals surface area contributed by atoms with Gasteiger partial charge in [0.05, 0.1) is 6.10 Å². The molecule has 2 atom stereocenters. The molecule has 12 nitrogen and oxygen atoms in total. The lowest BCUT2D eigenvalue weighted by Gasteiger charge is -2.20. The van der Waals surface area contributed by atoms with Gasteiger partial charge in [-0.15, -0.1) is 0 Å². The molecule has 0 aliphatic heterocycles. The molecule has 244 valence electrons. The molecule has 12 heteroatoms. The summed E-state index contributed by atoms with van der Waals surface area (Å²) in [5, 5.41) is 16.8. The number of benzene rings is 3. The third-order valence-electron chi connectivity index (χ3n) is 6.57. The van der Waals surface area contributed by atoms with Crippen LogP contribution in [0.3, 0.4) is 0 Å². The minimum Gasteiger partial charge on any atom is -0.478 e. The molecule has 3 amide bonds. The number of aliphatic carboxylic acids is 1. The molecule has 3 aromatic carbocycles. The molecule has 0 saturated heterocycles. The van der Waals surface area contributed by atoms with Crippen LogP contribution in [-0.2, 0) is 37.0 Å². The molecular weight excluding hydrogens is 592 g/mol. The summed E-state index contributed by atoms with van der Waals surface area (Å²) in [5.41, 5.74) is 2.40. The second-order valence-corrected chi connectivity index (χ2v) is 10.2. The summed E-state index contributed by atoms with van der Waals surface area (Å²) in [6, 6.07) is 27.4. The van der Waals surface area contributed by atoms with Crippen molar-refractivity contribution in [2.24, 2.45) is 4.99 Å². The molecule has 3 rings (SSSR count). The minimum absolute atomic E-state index is 0.0391. The summed E-state index contributed by atoms with van der Waals surface area (Å²) in [4.78, 5) is 53.0. The number of hydrogen-bond donors (Lipinski definition) is 4. The largest absolute Gasteiger partial charge is 0.478 e. The Bertz CT molecular complexity index is 1340. The van der Waals surface area contributed by atoms with Gasteiger partial charge >= 0.3 is 18.2 Å². The third kappa shape index (κ3) is 14.0. The van der Waals surface area contributed by atoms with E-state index in [2.05, 4.69) is 20.9 Å². The van der Waals surface area contributed by atoms with Crippen molar-refractivity contribution in [3.8, 4) is 0 Å². The van der Waals surface area contributed by atoms with Crippen molar-refractivity contribution >= 4 is 30.0 Å². The van der Waals surface area contributed by atoms with E-state index in [4.69, 9.17) is 14.2 Å². The maximum atomic E-state index is 12.4. The Morgan fingerprint density at radius 2 is 1.22 bits per heavy atom. The molecule has 3 aromatic rings. The lowest BCUT2D eigenvalue weighted by Crippen LogP contribution is -2.44. The second kappa shape index (κ2) is 19.9. The molecular formula is C34H40N4O8. The van der Waals surface area contributed by atoms with E-state index in [0.29, 0.717) is 25.7 Å². The molecule has 0 bridgehead atoms. The summed E-state index contributed by atoms with van der Waals surface area (Å²) >= 11 is 0. The Labute approximate surface area is 268 Å². The van der Waals surface area contributed by atoms with Gasteiger partial charge < -0.3 is 24.6 Å². The lowest BCUT2D eigenvalue weighted by atomic mass is 10.1. The molecule has 0 radical (unpaired) electrons. The van der Waals surface area contributed by atoms with E-state index in [1.165, 1.54) is 0 Å². The fourth-order valence-corrected chi connectivity index (χ4v) is 4.14. The number of unbranched alkanes of at least 4 members (excludes halogenated alkanes) is 3. The third-order valence-corrected chi connectivity index (χ3v) is 6.57. The zero-order valence-electron chi connectivity index (χ0n) is 25.7. The number of carbonyl (C=O) groups is 4. The summed E-state index contributed by atoms with van der Waals surface area (Å²) in [7, 11) is 0. The van der Waals surface area contributed by atoms with Crippen LogP contribution < -0.4 is 16.0 Å². The summed E-state index contributed by atoms with van der Waals surface area (Å²) in [5.74, 6) is -1.82. The molecule has 0 spiro atoms. The van der Waals surface area contributed by atoms with Crippen molar-refractivity contribution < 1.29 is 38.5 Å². The predicted molar refractivity (Wildman–Crippen MR) is 170 cm³/mol. The summed E-state index contributed by atoms with van der Waals surface area (Å²) < 4.78 is 16.0. The zero-order chi connectivity index (χ0) is 33.0. The summed E-state index contributed by atoms with van der Waals surface area (Å²) in [6.07, 6.45) is -0.939. The van der Waals surface area contributed by atoms with E-state index in [-0.39, 0.29) is 32.1 Å². The maximum Gasteiger partial charge on any atom is 0.414 e. The minimum atomic E-state index is -1.46. The van der Waals surface area contributed by atoms with Crippen LogP contribution in [0, 0.1) is 0 Å². The summed E-state index contributed by atoms with van der Waals surface area (Å²) in [6.45, 7) is 2.07. The fourth-order valence-electron chi connectivity index (χ4n) is 4.14. The monoisotopic (exact) mass is 632 g/mol. The average Bonchev–Trinajstić information content (AvgIpc) is 3.06. The lowest BCUT2D eigenvalue weighted by molar-refractivity contribution is -0.160. The molecule has 0 aromatic heterocycles. The van der Waals surface area contributed by atoms with E-state index < -0.39 is 36.4 Å². The van der Waals surface area contributed by atoms with Crippen LogP contribution in [0.15, 0.2) is 96.0 Å². The topological polar surface area (TPSA) is 165 Å². The van der Waals surface area contributed by atoms with Gasteiger partial charge in [-0.2, -0.15) is 0 Å². The average molecular weight is 633 g/mol. The van der Waals surface area contributed by atoms with Gasteiger partial charge in [-0.3, -0.25) is 20.4 Å². The van der Waals surface area contributed by atoms with E-state index in [0.717, 1.165) is 16.7 Å². The molecule has 0 unspecified atom stereocenters. The first-order valence-electron chi connectivity index (χ1n) is 15.0. The van der Waals surface area contributed by atoms with Crippen LogP contribution in [0.4, 0.5) is 9.59 Å². The first-order valence-corrected chi connectivity index (χ1v) is 15.0. The second-order valence-electron chi connectivity index (χ2n) is 10.2. The van der Waals surface area contributed by atoms with Gasteiger partial charge in [-0.25, -0.2) is 14.4 Å². The van der Waals surface area contributed by atoms with Gasteiger partial charge in [-0.1, -0.05) is 104 Å². The van der Waals surface area contributed by atoms with Crippen LogP contribution in [0.5, 0.6) is 0 Å². The Balaban J connectivity index is 1.41. The highest BCUT2D eigenvalue weighted by molar-refractivity contribution is 6.01. The highest BCUT2D eigenvalue weighted by atomic mass is 16.6. The molecule has 0 heterocycles. The van der Waals surface area contributed by atoms with Crippen molar-refractivity contribution in [2.45, 2.75) is 64.6 Å². The van der Waals surface area contributed by atoms with Crippen molar-refractivity contribution in [1.82, 2.24) is 16.0 Å². The molecule has 0 fully saturated rings. The van der Waals surface area contributed by atoms with E-state index in [1.54, 1.807) is 6.92 Å². The highest BCUT2D eigenvalue weighted by Crippen LogP contribution is 2.17. The number of amides is 3. The van der Waals surface area contributed by atoms with Crippen molar-refractivity contribution in [1.29, 1.82) is 0 Å². The molecule has 46 heavy (non-hydrogen) atoms. The number of guanidine groups is 1. The van der Waals surface area contributed by atoms with Crippen LogP contribution >= 0.6 is 0 Å².